The molecule has 2 unspecified atom stereocenters. The third kappa shape index (κ3) is 5.31. The number of likely N-dealkylation sites (tertiary alicyclic amines) is 1. The number of aliphatic hydroxyl groups is 1. The molecule has 0 saturated carbocycles. The Hall–Kier alpha value is -2.78. The van der Waals surface area contributed by atoms with Crippen molar-refractivity contribution in [3.8, 4) is 0 Å². The number of carbonyl (C=O) groups is 3. The number of fused-ring (bicyclic) bond motifs is 1. The second kappa shape index (κ2) is 12.6. The molecule has 1 N–H and O–H groups in total. The fourth-order valence-corrected chi connectivity index (χ4v) is 9.41. The van der Waals surface area contributed by atoms with Crippen molar-refractivity contribution in [2.24, 2.45) is 11.8 Å². The highest BCUT2D eigenvalue weighted by Gasteiger charge is 2.78. The van der Waals surface area contributed by atoms with Gasteiger partial charge in [0, 0.05) is 35.8 Å². The second-order valence-electron chi connectivity index (χ2n) is 11.5. The predicted octanol–water partition coefficient (Wildman–Crippen LogP) is 4.42. The first kappa shape index (κ1) is 31.2. The normalized spacial score (nSPS) is 28.8. The molecule has 3 fully saturated rings. The molecule has 2 bridgehead atoms. The maximum atomic E-state index is 14.6. The standard InChI is InChI=1S/C32H45N3O5S/c1-7-11-12-20-40-30(39)26-25-28(37)35(22(5)21-36)27(32(25)18-17-31(26,6)41-32)29(38)34(19-8-2)24-15-13-23(14-16-24)33(9-3)10-4/h7-8,13-16,22,25-27,36H,1-2,9-12,17-21H2,3-6H3/t22-,25+,26+,27?,31-,32?/m1/s1. The van der Waals surface area contributed by atoms with Gasteiger partial charge in [0.25, 0.3) is 5.91 Å². The first-order valence-corrected chi connectivity index (χ1v) is 15.6. The zero-order valence-corrected chi connectivity index (χ0v) is 25.7. The molecule has 2 amide bonds. The number of thioether (sulfide) groups is 1. The van der Waals surface area contributed by atoms with Gasteiger partial charge in [0.15, 0.2) is 0 Å². The van der Waals surface area contributed by atoms with E-state index in [9.17, 15) is 19.5 Å². The number of esters is 1. The number of anilines is 2. The minimum Gasteiger partial charge on any atom is -0.465 e. The summed E-state index contributed by atoms with van der Waals surface area (Å²) in [5.74, 6) is -2.16. The zero-order chi connectivity index (χ0) is 29.9. The van der Waals surface area contributed by atoms with Gasteiger partial charge in [0.05, 0.1) is 35.8 Å². The lowest BCUT2D eigenvalue weighted by molar-refractivity contribution is -0.156. The van der Waals surface area contributed by atoms with Crippen molar-refractivity contribution in [2.75, 3.05) is 42.6 Å². The molecule has 9 heteroatoms. The van der Waals surface area contributed by atoms with Crippen LogP contribution in [0.25, 0.3) is 0 Å². The van der Waals surface area contributed by atoms with Crippen LogP contribution in [0.5, 0.6) is 0 Å². The Bertz CT molecular complexity index is 1150. The number of unbranched alkanes of at least 4 members (excludes halogenated alkanes) is 1. The summed E-state index contributed by atoms with van der Waals surface area (Å²) in [5.41, 5.74) is 1.79. The summed E-state index contributed by atoms with van der Waals surface area (Å²) in [6, 6.07) is 6.49. The number of carbonyl (C=O) groups excluding carboxylic acids is 3. The summed E-state index contributed by atoms with van der Waals surface area (Å²) in [5, 5.41) is 10.2. The van der Waals surface area contributed by atoms with Gasteiger partial charge >= 0.3 is 5.97 Å². The quantitative estimate of drug-likeness (QED) is 0.197. The lowest BCUT2D eigenvalue weighted by Gasteiger charge is -2.39. The molecule has 8 nitrogen and oxygen atoms in total. The molecule has 0 aromatic heterocycles. The Balaban J connectivity index is 1.72. The van der Waals surface area contributed by atoms with Crippen LogP contribution in [0.15, 0.2) is 49.6 Å². The third-order valence-electron chi connectivity index (χ3n) is 9.11. The Kier molecular flexibility index (Phi) is 9.59. The molecule has 1 spiro atoms. The van der Waals surface area contributed by atoms with Crippen molar-refractivity contribution >= 4 is 40.9 Å². The molecule has 0 radical (unpaired) electrons. The highest BCUT2D eigenvalue weighted by atomic mass is 32.2. The number of allylic oxidation sites excluding steroid dienone is 1. The van der Waals surface area contributed by atoms with Crippen molar-refractivity contribution in [3.05, 3.63) is 49.6 Å². The number of amides is 2. The number of rotatable bonds is 14. The van der Waals surface area contributed by atoms with E-state index in [2.05, 4.69) is 31.9 Å². The van der Waals surface area contributed by atoms with Gasteiger partial charge in [-0.25, -0.2) is 0 Å². The van der Waals surface area contributed by atoms with Crippen LogP contribution in [0.2, 0.25) is 0 Å². The summed E-state index contributed by atoms with van der Waals surface area (Å²) in [7, 11) is 0. The van der Waals surface area contributed by atoms with Crippen LogP contribution in [0.4, 0.5) is 11.4 Å². The summed E-state index contributed by atoms with van der Waals surface area (Å²) in [6.45, 7) is 17.6. The Morgan fingerprint density at radius 1 is 1.17 bits per heavy atom. The van der Waals surface area contributed by atoms with E-state index in [1.54, 1.807) is 40.6 Å². The van der Waals surface area contributed by atoms with Gasteiger partial charge < -0.3 is 24.5 Å². The average Bonchev–Trinajstić information content (AvgIpc) is 3.55. The maximum Gasteiger partial charge on any atom is 0.311 e. The van der Waals surface area contributed by atoms with E-state index >= 15 is 0 Å². The maximum absolute atomic E-state index is 14.6. The molecule has 3 saturated heterocycles. The summed E-state index contributed by atoms with van der Waals surface area (Å²) < 4.78 is 4.41. The average molecular weight is 584 g/mol. The molecule has 0 aliphatic carbocycles. The zero-order valence-electron chi connectivity index (χ0n) is 24.9. The number of ether oxygens (including phenoxy) is 1. The van der Waals surface area contributed by atoms with Crippen LogP contribution in [0.3, 0.4) is 0 Å². The van der Waals surface area contributed by atoms with E-state index in [0.717, 1.165) is 30.9 Å². The van der Waals surface area contributed by atoms with Crippen LogP contribution in [-0.2, 0) is 19.1 Å². The predicted molar refractivity (Wildman–Crippen MR) is 165 cm³/mol. The van der Waals surface area contributed by atoms with Gasteiger partial charge in [-0.15, -0.1) is 24.9 Å². The van der Waals surface area contributed by atoms with Crippen molar-refractivity contribution in [3.63, 3.8) is 0 Å². The third-order valence-corrected chi connectivity index (χ3v) is 11.1. The number of benzene rings is 1. The molecule has 4 rings (SSSR count). The smallest absolute Gasteiger partial charge is 0.311 e. The molecule has 3 heterocycles. The number of aliphatic hydroxyl groups excluding tert-OH is 1. The molecule has 1 aromatic carbocycles. The molecule has 3 aliphatic rings. The number of hydrogen-bond donors (Lipinski definition) is 1. The van der Waals surface area contributed by atoms with Gasteiger partial charge in [0.1, 0.15) is 6.04 Å². The molecular formula is C32H45N3O5S. The van der Waals surface area contributed by atoms with Gasteiger partial charge in [0.2, 0.25) is 5.91 Å². The van der Waals surface area contributed by atoms with E-state index < -0.39 is 33.4 Å². The van der Waals surface area contributed by atoms with Gasteiger partial charge in [-0.2, -0.15) is 0 Å². The first-order valence-electron chi connectivity index (χ1n) is 14.8. The van der Waals surface area contributed by atoms with Crippen LogP contribution in [-0.4, -0.2) is 82.2 Å². The Morgan fingerprint density at radius 3 is 2.41 bits per heavy atom. The van der Waals surface area contributed by atoms with Crippen LogP contribution < -0.4 is 9.80 Å². The van der Waals surface area contributed by atoms with E-state index in [0.29, 0.717) is 19.3 Å². The lowest BCUT2D eigenvalue weighted by Crippen LogP contribution is -2.57. The molecule has 1 aromatic rings. The number of hydrogen-bond acceptors (Lipinski definition) is 7. The summed E-state index contributed by atoms with van der Waals surface area (Å²) >= 11 is 1.61. The SMILES string of the molecule is C=CCCCOC(=O)[C@@H]1[C@H]2C(=O)N([C@H](C)CO)C(C(=O)N(CC=C)c3ccc(N(CC)CC)cc3)C23CC[C@@]1(C)S3. The topological polar surface area (TPSA) is 90.4 Å². The molecule has 3 aliphatic heterocycles. The Labute approximate surface area is 248 Å². The molecule has 6 atom stereocenters. The van der Waals surface area contributed by atoms with Crippen molar-refractivity contribution in [2.45, 2.75) is 75.0 Å². The molecular weight excluding hydrogens is 538 g/mol. The van der Waals surface area contributed by atoms with E-state index in [-0.39, 0.29) is 37.5 Å². The van der Waals surface area contributed by atoms with Crippen LogP contribution in [0, 0.1) is 11.8 Å². The largest absolute Gasteiger partial charge is 0.465 e. The summed E-state index contributed by atoms with van der Waals surface area (Å²) in [6.07, 6.45) is 6.23. The second-order valence-corrected chi connectivity index (χ2v) is 13.4. The van der Waals surface area contributed by atoms with E-state index in [1.165, 1.54) is 0 Å². The summed E-state index contributed by atoms with van der Waals surface area (Å²) in [4.78, 5) is 47.8. The molecule has 224 valence electrons. The molecule has 41 heavy (non-hydrogen) atoms. The lowest BCUT2D eigenvalue weighted by atomic mass is 9.66. The first-order chi connectivity index (χ1) is 19.6. The van der Waals surface area contributed by atoms with Crippen LogP contribution in [0.1, 0.15) is 53.4 Å². The van der Waals surface area contributed by atoms with E-state index in [1.807, 2.05) is 31.2 Å². The monoisotopic (exact) mass is 583 g/mol. The highest BCUT2D eigenvalue weighted by Crippen LogP contribution is 2.71. The number of nitrogens with zero attached hydrogens (tertiary/aromatic N) is 3. The Morgan fingerprint density at radius 2 is 1.83 bits per heavy atom. The van der Waals surface area contributed by atoms with Gasteiger partial charge in [-0.05, 0) is 77.6 Å². The van der Waals surface area contributed by atoms with Crippen LogP contribution >= 0.6 is 11.8 Å². The minimum absolute atomic E-state index is 0.214. The fourth-order valence-electron chi connectivity index (χ4n) is 7.08. The van der Waals surface area contributed by atoms with Gasteiger partial charge in [-0.1, -0.05) is 12.2 Å². The fraction of sp³-hybridized carbons (Fsp3) is 0.594. The van der Waals surface area contributed by atoms with Crippen molar-refractivity contribution in [1.29, 1.82) is 0 Å². The van der Waals surface area contributed by atoms with Crippen molar-refractivity contribution in [1.82, 2.24) is 4.90 Å². The van der Waals surface area contributed by atoms with E-state index in [4.69, 9.17) is 4.74 Å². The minimum atomic E-state index is -0.824. The van der Waals surface area contributed by atoms with Gasteiger partial charge in [-0.3, -0.25) is 14.4 Å². The van der Waals surface area contributed by atoms with Crippen molar-refractivity contribution < 1.29 is 24.2 Å². The highest BCUT2D eigenvalue weighted by molar-refractivity contribution is 8.02.